The highest BCUT2D eigenvalue weighted by molar-refractivity contribution is 6.31. The molecule has 0 spiro atoms. The van der Waals surface area contributed by atoms with Gasteiger partial charge in [0.1, 0.15) is 6.33 Å². The third-order valence-corrected chi connectivity index (χ3v) is 3.38. The lowest BCUT2D eigenvalue weighted by molar-refractivity contribution is 0.887. The minimum Gasteiger partial charge on any atom is -0.308 e. The molecule has 1 aromatic carbocycles. The van der Waals surface area contributed by atoms with Gasteiger partial charge < -0.3 is 5.43 Å². The van der Waals surface area contributed by atoms with Crippen LogP contribution in [0.25, 0.3) is 16.7 Å². The van der Waals surface area contributed by atoms with E-state index in [2.05, 4.69) is 20.5 Å². The van der Waals surface area contributed by atoms with Crippen LogP contribution in [0.4, 0.5) is 5.82 Å². The second-order valence-electron chi connectivity index (χ2n) is 4.04. The quantitative estimate of drug-likeness (QED) is 0.552. The molecule has 2 heterocycles. The van der Waals surface area contributed by atoms with Crippen molar-refractivity contribution in [2.45, 2.75) is 6.92 Å². The number of aromatic nitrogens is 4. The van der Waals surface area contributed by atoms with Crippen LogP contribution in [0.1, 0.15) is 5.56 Å². The summed E-state index contributed by atoms with van der Waals surface area (Å²) in [7, 11) is 0. The van der Waals surface area contributed by atoms with Gasteiger partial charge in [0.05, 0.1) is 17.3 Å². The molecule has 0 aliphatic rings. The van der Waals surface area contributed by atoms with Crippen LogP contribution in [0.2, 0.25) is 5.02 Å². The van der Waals surface area contributed by atoms with E-state index in [0.29, 0.717) is 16.5 Å². The normalized spacial score (nSPS) is 10.9. The highest BCUT2D eigenvalue weighted by Crippen LogP contribution is 2.25. The first-order valence-electron chi connectivity index (χ1n) is 5.63. The summed E-state index contributed by atoms with van der Waals surface area (Å²) in [4.78, 5) is 8.29. The van der Waals surface area contributed by atoms with Crippen LogP contribution in [-0.4, -0.2) is 19.7 Å². The molecule has 3 aromatic rings. The fourth-order valence-electron chi connectivity index (χ4n) is 1.96. The van der Waals surface area contributed by atoms with Crippen molar-refractivity contribution in [2.24, 2.45) is 5.84 Å². The number of anilines is 1. The van der Waals surface area contributed by atoms with Gasteiger partial charge in [0.25, 0.3) is 0 Å². The van der Waals surface area contributed by atoms with E-state index >= 15 is 0 Å². The summed E-state index contributed by atoms with van der Waals surface area (Å²) in [5.74, 6) is 5.96. The van der Waals surface area contributed by atoms with Crippen molar-refractivity contribution in [3.8, 4) is 5.69 Å². The van der Waals surface area contributed by atoms with Crippen LogP contribution in [0.15, 0.2) is 30.7 Å². The number of nitrogen functional groups attached to an aromatic ring is 1. The number of hydrogen-bond acceptors (Lipinski definition) is 5. The molecule has 2 aromatic heterocycles. The van der Waals surface area contributed by atoms with Crippen LogP contribution in [0, 0.1) is 6.92 Å². The van der Waals surface area contributed by atoms with E-state index < -0.39 is 0 Å². The zero-order chi connectivity index (χ0) is 13.4. The lowest BCUT2D eigenvalue weighted by atomic mass is 10.2. The molecular weight excluding hydrogens is 264 g/mol. The van der Waals surface area contributed by atoms with Crippen molar-refractivity contribution >= 4 is 28.5 Å². The molecule has 3 N–H and O–H groups in total. The third kappa shape index (κ3) is 1.81. The first-order valence-corrected chi connectivity index (χ1v) is 6.01. The molecule has 6 nitrogen and oxygen atoms in total. The molecule has 0 saturated heterocycles. The maximum absolute atomic E-state index is 6.13. The number of benzene rings is 1. The molecule has 0 unspecified atom stereocenters. The summed E-state index contributed by atoms with van der Waals surface area (Å²) in [5, 5.41) is 5.78. The standard InChI is InChI=1S/C12H11ClN6/c1-7-9(13)3-2-4-10(7)19-12-8(5-17-19)11(18-14)15-6-16-12/h2-6H,14H2,1H3,(H,15,16,18). The van der Waals surface area contributed by atoms with Crippen LogP contribution in [0.5, 0.6) is 0 Å². The predicted octanol–water partition coefficient (Wildman–Crippen LogP) is 2.06. The van der Waals surface area contributed by atoms with Gasteiger partial charge in [-0.15, -0.1) is 0 Å². The Balaban J connectivity index is 2.29. The molecule has 0 atom stereocenters. The van der Waals surface area contributed by atoms with Crippen LogP contribution in [0.3, 0.4) is 0 Å². The van der Waals surface area contributed by atoms with Gasteiger partial charge in [-0.2, -0.15) is 5.10 Å². The van der Waals surface area contributed by atoms with Gasteiger partial charge >= 0.3 is 0 Å². The Kier molecular flexibility index (Phi) is 2.81. The molecule has 3 rings (SSSR count). The SMILES string of the molecule is Cc1c(Cl)cccc1-n1ncc2c(NN)ncnc21. The van der Waals surface area contributed by atoms with Gasteiger partial charge in [-0.05, 0) is 24.6 Å². The summed E-state index contributed by atoms with van der Waals surface area (Å²) in [6.07, 6.45) is 3.11. The first-order chi connectivity index (χ1) is 9.22. The predicted molar refractivity (Wildman–Crippen MR) is 74.2 cm³/mol. The van der Waals surface area contributed by atoms with Crippen molar-refractivity contribution < 1.29 is 0 Å². The van der Waals surface area contributed by atoms with E-state index in [9.17, 15) is 0 Å². The Morgan fingerprint density at radius 1 is 1.32 bits per heavy atom. The summed E-state index contributed by atoms with van der Waals surface area (Å²) >= 11 is 6.13. The average Bonchev–Trinajstić information content (AvgIpc) is 2.85. The van der Waals surface area contributed by atoms with Crippen molar-refractivity contribution in [3.05, 3.63) is 41.3 Å². The Bertz CT molecular complexity index is 751. The number of rotatable bonds is 2. The van der Waals surface area contributed by atoms with Crippen molar-refractivity contribution in [1.29, 1.82) is 0 Å². The number of hydrogen-bond donors (Lipinski definition) is 2. The van der Waals surface area contributed by atoms with Gasteiger partial charge in [0, 0.05) is 5.02 Å². The zero-order valence-electron chi connectivity index (χ0n) is 10.1. The molecular formula is C12H11ClN6. The number of hydrazine groups is 1. The molecule has 19 heavy (non-hydrogen) atoms. The Morgan fingerprint density at radius 2 is 2.16 bits per heavy atom. The van der Waals surface area contributed by atoms with E-state index in [1.54, 1.807) is 10.9 Å². The number of fused-ring (bicyclic) bond motifs is 1. The van der Waals surface area contributed by atoms with Crippen molar-refractivity contribution in [2.75, 3.05) is 5.43 Å². The maximum atomic E-state index is 6.13. The van der Waals surface area contributed by atoms with E-state index in [0.717, 1.165) is 16.6 Å². The lowest BCUT2D eigenvalue weighted by Crippen LogP contribution is -2.09. The van der Waals surface area contributed by atoms with Crippen molar-refractivity contribution in [3.63, 3.8) is 0 Å². The largest absolute Gasteiger partial charge is 0.308 e. The Labute approximate surface area is 114 Å². The highest BCUT2D eigenvalue weighted by atomic mass is 35.5. The van der Waals surface area contributed by atoms with E-state index in [4.69, 9.17) is 17.4 Å². The van der Waals surface area contributed by atoms with Crippen LogP contribution >= 0.6 is 11.6 Å². The molecule has 0 amide bonds. The fourth-order valence-corrected chi connectivity index (χ4v) is 2.13. The van der Waals surface area contributed by atoms with E-state index in [1.165, 1.54) is 6.33 Å². The number of nitrogens with two attached hydrogens (primary N) is 1. The highest BCUT2D eigenvalue weighted by Gasteiger charge is 2.12. The van der Waals surface area contributed by atoms with Crippen LogP contribution in [-0.2, 0) is 0 Å². The minimum absolute atomic E-state index is 0.538. The molecule has 0 aliphatic carbocycles. The van der Waals surface area contributed by atoms with Gasteiger partial charge in [-0.25, -0.2) is 20.5 Å². The molecule has 0 saturated carbocycles. The zero-order valence-corrected chi connectivity index (χ0v) is 10.9. The van der Waals surface area contributed by atoms with Gasteiger partial charge in [-0.3, -0.25) is 0 Å². The molecule has 7 heteroatoms. The van der Waals surface area contributed by atoms with Gasteiger partial charge in [0.15, 0.2) is 11.5 Å². The number of nitrogens with one attached hydrogen (secondary N) is 1. The average molecular weight is 275 g/mol. The third-order valence-electron chi connectivity index (χ3n) is 2.97. The van der Waals surface area contributed by atoms with E-state index in [1.807, 2.05) is 25.1 Å². The monoisotopic (exact) mass is 274 g/mol. The van der Waals surface area contributed by atoms with Gasteiger partial charge in [-0.1, -0.05) is 17.7 Å². The molecule has 0 fully saturated rings. The van der Waals surface area contributed by atoms with E-state index in [-0.39, 0.29) is 0 Å². The second-order valence-corrected chi connectivity index (χ2v) is 4.45. The second kappa shape index (κ2) is 4.49. The number of nitrogens with zero attached hydrogens (tertiary/aromatic N) is 4. The summed E-state index contributed by atoms with van der Waals surface area (Å²) in [6.45, 7) is 1.94. The number of halogens is 1. The topological polar surface area (TPSA) is 81.7 Å². The molecule has 0 bridgehead atoms. The first kappa shape index (κ1) is 11.9. The Morgan fingerprint density at radius 3 is 2.95 bits per heavy atom. The molecule has 0 radical (unpaired) electrons. The van der Waals surface area contributed by atoms with Crippen molar-refractivity contribution in [1.82, 2.24) is 19.7 Å². The summed E-state index contributed by atoms with van der Waals surface area (Å²) in [6, 6.07) is 5.65. The van der Waals surface area contributed by atoms with Crippen LogP contribution < -0.4 is 11.3 Å². The van der Waals surface area contributed by atoms with Gasteiger partial charge in [0.2, 0.25) is 0 Å². The minimum atomic E-state index is 0.538. The summed E-state index contributed by atoms with van der Waals surface area (Å²) < 4.78 is 1.72. The molecule has 0 aliphatic heterocycles. The Hall–Kier alpha value is -2.18. The smallest absolute Gasteiger partial charge is 0.168 e. The molecule has 96 valence electrons. The lowest BCUT2D eigenvalue weighted by Gasteiger charge is -2.08. The maximum Gasteiger partial charge on any atom is 0.168 e. The summed E-state index contributed by atoms with van der Waals surface area (Å²) in [5.41, 5.74) is 5.02. The fraction of sp³-hybridized carbons (Fsp3) is 0.0833.